The van der Waals surface area contributed by atoms with Gasteiger partial charge in [-0.25, -0.2) is 0 Å². The van der Waals surface area contributed by atoms with Crippen molar-refractivity contribution in [1.82, 2.24) is 0 Å². The molecule has 0 bridgehead atoms. The Balaban J connectivity index is 0.00000243. The van der Waals surface area contributed by atoms with Gasteiger partial charge in [0.15, 0.2) is 0 Å². The maximum Gasteiger partial charge on any atom is 0.229 e. The summed E-state index contributed by atoms with van der Waals surface area (Å²) in [6, 6.07) is 11.2. The number of thiophene rings is 1. The van der Waals surface area contributed by atoms with Gasteiger partial charge in [-0.1, -0.05) is 24.6 Å². The van der Waals surface area contributed by atoms with Crippen molar-refractivity contribution in [1.29, 1.82) is 0 Å². The molecule has 1 fully saturated rings. The lowest BCUT2D eigenvalue weighted by Crippen LogP contribution is -2.28. The molecule has 3 rings (SSSR count). The lowest BCUT2D eigenvalue weighted by atomic mass is 10.00. The first-order valence-electron chi connectivity index (χ1n) is 8.58. The number of amides is 2. The third kappa shape index (κ3) is 5.56. The number of halogens is 1. The summed E-state index contributed by atoms with van der Waals surface area (Å²) < 4.78 is 0. The number of carbonyl (C=O) groups excluding carboxylic acids is 2. The zero-order valence-corrected chi connectivity index (χ0v) is 16.1. The SMILES string of the molecule is Cl.N[C@@H]1CCC[C@H]1CC(=O)Nc1ccccc1NC(=O)Cc1cccs1. The number of carbonyl (C=O) groups is 2. The van der Waals surface area contributed by atoms with Crippen LogP contribution in [0, 0.1) is 5.92 Å². The van der Waals surface area contributed by atoms with Gasteiger partial charge in [-0.2, -0.15) is 0 Å². The Bertz CT molecular complexity index is 736. The van der Waals surface area contributed by atoms with E-state index in [9.17, 15) is 9.59 Å². The highest BCUT2D eigenvalue weighted by molar-refractivity contribution is 7.10. The second-order valence-corrected chi connectivity index (χ2v) is 7.49. The summed E-state index contributed by atoms with van der Waals surface area (Å²) in [7, 11) is 0. The summed E-state index contributed by atoms with van der Waals surface area (Å²) in [6.45, 7) is 0. The topological polar surface area (TPSA) is 84.2 Å². The smallest absolute Gasteiger partial charge is 0.229 e. The predicted octanol–water partition coefficient (Wildman–Crippen LogP) is 3.81. The number of hydrogen-bond acceptors (Lipinski definition) is 4. The molecule has 0 saturated heterocycles. The van der Waals surface area contributed by atoms with Crippen LogP contribution in [0.3, 0.4) is 0 Å². The fourth-order valence-corrected chi connectivity index (χ4v) is 3.93. The van der Waals surface area contributed by atoms with Gasteiger partial charge in [0.25, 0.3) is 0 Å². The third-order valence-corrected chi connectivity index (χ3v) is 5.43. The van der Waals surface area contributed by atoms with Gasteiger partial charge in [-0.05, 0) is 42.3 Å². The van der Waals surface area contributed by atoms with Crippen molar-refractivity contribution in [2.45, 2.75) is 38.1 Å². The van der Waals surface area contributed by atoms with E-state index in [1.165, 1.54) is 0 Å². The van der Waals surface area contributed by atoms with Crippen LogP contribution in [-0.2, 0) is 16.0 Å². The number of para-hydroxylation sites is 2. The summed E-state index contributed by atoms with van der Waals surface area (Å²) in [5.41, 5.74) is 7.29. The predicted molar refractivity (Wildman–Crippen MR) is 109 cm³/mol. The number of hydrogen-bond donors (Lipinski definition) is 3. The summed E-state index contributed by atoms with van der Waals surface area (Å²) in [5, 5.41) is 7.75. The Labute approximate surface area is 163 Å². The van der Waals surface area contributed by atoms with Crippen LogP contribution in [0.1, 0.15) is 30.6 Å². The van der Waals surface area contributed by atoms with Crippen molar-refractivity contribution in [3.8, 4) is 0 Å². The molecule has 1 aromatic carbocycles. The van der Waals surface area contributed by atoms with Crippen LogP contribution in [-0.4, -0.2) is 17.9 Å². The molecule has 0 spiro atoms. The number of nitrogens with two attached hydrogens (primary N) is 1. The minimum atomic E-state index is -0.0954. The van der Waals surface area contributed by atoms with Crippen LogP contribution in [0.4, 0.5) is 11.4 Å². The van der Waals surface area contributed by atoms with Gasteiger partial charge in [0, 0.05) is 17.3 Å². The van der Waals surface area contributed by atoms with E-state index in [0.717, 1.165) is 24.1 Å². The fraction of sp³-hybridized carbons (Fsp3) is 0.368. The van der Waals surface area contributed by atoms with Crippen molar-refractivity contribution in [2.75, 3.05) is 10.6 Å². The molecule has 1 saturated carbocycles. The first-order valence-corrected chi connectivity index (χ1v) is 9.46. The maximum atomic E-state index is 12.3. The molecule has 4 N–H and O–H groups in total. The average Bonchev–Trinajstić information content (AvgIpc) is 3.22. The summed E-state index contributed by atoms with van der Waals surface area (Å²) in [6.07, 6.45) is 3.85. The Morgan fingerprint density at radius 3 is 2.31 bits per heavy atom. The Kier molecular flexibility index (Phi) is 7.63. The molecule has 0 unspecified atom stereocenters. The molecule has 26 heavy (non-hydrogen) atoms. The molecule has 1 heterocycles. The second-order valence-electron chi connectivity index (χ2n) is 6.46. The van der Waals surface area contributed by atoms with Crippen molar-refractivity contribution in [3.05, 3.63) is 46.7 Å². The monoisotopic (exact) mass is 393 g/mol. The van der Waals surface area contributed by atoms with E-state index in [-0.39, 0.29) is 36.2 Å². The van der Waals surface area contributed by atoms with Crippen LogP contribution < -0.4 is 16.4 Å². The van der Waals surface area contributed by atoms with Crippen molar-refractivity contribution in [3.63, 3.8) is 0 Å². The molecule has 0 radical (unpaired) electrons. The highest BCUT2D eigenvalue weighted by Gasteiger charge is 2.26. The molecular weight excluding hydrogens is 370 g/mol. The molecule has 140 valence electrons. The first-order chi connectivity index (χ1) is 12.1. The first kappa shape index (κ1) is 20.4. The number of anilines is 2. The molecule has 1 aliphatic rings. The van der Waals surface area contributed by atoms with Gasteiger partial charge in [-0.15, -0.1) is 23.7 Å². The van der Waals surface area contributed by atoms with E-state index < -0.39 is 0 Å². The van der Waals surface area contributed by atoms with Crippen molar-refractivity contribution < 1.29 is 9.59 Å². The molecule has 5 nitrogen and oxygen atoms in total. The Morgan fingerprint density at radius 2 is 1.73 bits per heavy atom. The van der Waals surface area contributed by atoms with Gasteiger partial charge in [0.05, 0.1) is 17.8 Å². The number of rotatable bonds is 6. The van der Waals surface area contributed by atoms with Gasteiger partial charge in [0.2, 0.25) is 11.8 Å². The molecule has 7 heteroatoms. The van der Waals surface area contributed by atoms with Crippen LogP contribution >= 0.6 is 23.7 Å². The lowest BCUT2D eigenvalue weighted by molar-refractivity contribution is -0.117. The Morgan fingerprint density at radius 1 is 1.04 bits per heavy atom. The molecule has 1 aliphatic carbocycles. The normalized spacial score (nSPS) is 18.8. The zero-order chi connectivity index (χ0) is 17.6. The minimum Gasteiger partial charge on any atom is -0.327 e. The zero-order valence-electron chi connectivity index (χ0n) is 14.4. The van der Waals surface area contributed by atoms with E-state index in [0.29, 0.717) is 24.2 Å². The van der Waals surface area contributed by atoms with Gasteiger partial charge < -0.3 is 16.4 Å². The molecular formula is C19H24ClN3O2S. The number of nitrogens with one attached hydrogen (secondary N) is 2. The highest BCUT2D eigenvalue weighted by atomic mass is 35.5. The van der Waals surface area contributed by atoms with Gasteiger partial charge >= 0.3 is 0 Å². The summed E-state index contributed by atoms with van der Waals surface area (Å²) >= 11 is 1.55. The van der Waals surface area contributed by atoms with Crippen LogP contribution in [0.2, 0.25) is 0 Å². The average molecular weight is 394 g/mol. The van der Waals surface area contributed by atoms with E-state index in [2.05, 4.69) is 10.6 Å². The largest absolute Gasteiger partial charge is 0.327 e. The Hall–Kier alpha value is -1.89. The molecule has 2 amide bonds. The second kappa shape index (κ2) is 9.71. The molecule has 2 atom stereocenters. The van der Waals surface area contributed by atoms with Crippen molar-refractivity contribution in [2.24, 2.45) is 11.7 Å². The van der Waals surface area contributed by atoms with Gasteiger partial charge in [0.1, 0.15) is 0 Å². The minimum absolute atomic E-state index is 0. The molecule has 1 aromatic heterocycles. The highest BCUT2D eigenvalue weighted by Crippen LogP contribution is 2.28. The quantitative estimate of drug-likeness (QED) is 0.697. The van der Waals surface area contributed by atoms with E-state index in [1.807, 2.05) is 29.6 Å². The van der Waals surface area contributed by atoms with Crippen LogP contribution in [0.25, 0.3) is 0 Å². The molecule has 0 aliphatic heterocycles. The van der Waals surface area contributed by atoms with E-state index >= 15 is 0 Å². The standard InChI is InChI=1S/C19H23N3O2S.ClH/c20-15-7-3-5-13(15)11-18(23)21-16-8-1-2-9-17(16)22-19(24)12-14-6-4-10-25-14;/h1-2,4,6,8-10,13,15H,3,5,7,11-12,20H2,(H,21,23)(H,22,24);1H/t13-,15+;/m0./s1. The van der Waals surface area contributed by atoms with E-state index in [1.54, 1.807) is 23.5 Å². The van der Waals surface area contributed by atoms with Crippen LogP contribution in [0.5, 0.6) is 0 Å². The number of benzene rings is 1. The summed E-state index contributed by atoms with van der Waals surface area (Å²) in [5.74, 6) is 0.102. The van der Waals surface area contributed by atoms with Gasteiger partial charge in [-0.3, -0.25) is 9.59 Å². The van der Waals surface area contributed by atoms with Crippen LogP contribution in [0.15, 0.2) is 41.8 Å². The third-order valence-electron chi connectivity index (χ3n) is 4.56. The molecule has 2 aromatic rings. The maximum absolute atomic E-state index is 12.3. The van der Waals surface area contributed by atoms with E-state index in [4.69, 9.17) is 5.73 Å². The van der Waals surface area contributed by atoms with Crippen molar-refractivity contribution >= 4 is 46.9 Å². The summed E-state index contributed by atoms with van der Waals surface area (Å²) in [4.78, 5) is 25.5. The lowest BCUT2D eigenvalue weighted by Gasteiger charge is -2.16. The fourth-order valence-electron chi connectivity index (χ4n) is 3.23.